The van der Waals surface area contributed by atoms with Crippen molar-refractivity contribution in [3.63, 3.8) is 0 Å². The number of methoxy groups -OCH3 is 2. The molecule has 0 radical (unpaired) electrons. The molecule has 1 aromatic carbocycles. The summed E-state index contributed by atoms with van der Waals surface area (Å²) in [7, 11) is 3.02. The van der Waals surface area contributed by atoms with Crippen LogP contribution in [0.15, 0.2) is 24.3 Å². The number of hydrogen-bond donors (Lipinski definition) is 0. The van der Waals surface area contributed by atoms with Gasteiger partial charge in [0.2, 0.25) is 0 Å². The summed E-state index contributed by atoms with van der Waals surface area (Å²) in [5.41, 5.74) is 2.10. The van der Waals surface area contributed by atoms with Gasteiger partial charge < -0.3 is 9.47 Å². The molecule has 1 aromatic rings. The van der Waals surface area contributed by atoms with Crippen LogP contribution in [-0.2, 0) is 9.53 Å². The first kappa shape index (κ1) is 12.3. The fourth-order valence-electron chi connectivity index (χ4n) is 1.31. The zero-order valence-corrected chi connectivity index (χ0v) is 9.82. The first-order chi connectivity index (χ1) is 7.67. The third-order valence-electron chi connectivity index (χ3n) is 2.25. The van der Waals surface area contributed by atoms with Crippen molar-refractivity contribution in [3.8, 4) is 5.75 Å². The average molecular weight is 220 g/mol. The zero-order valence-electron chi connectivity index (χ0n) is 9.82. The second-order valence-corrected chi connectivity index (χ2v) is 3.41. The van der Waals surface area contributed by atoms with Gasteiger partial charge in [-0.25, -0.2) is 0 Å². The Morgan fingerprint density at radius 2 is 2.12 bits per heavy atom. The summed E-state index contributed by atoms with van der Waals surface area (Å²) in [5.74, 6) is 0.607. The Hall–Kier alpha value is -1.77. The number of ether oxygens (including phenoxy) is 2. The molecule has 0 N–H and O–H groups in total. The van der Waals surface area contributed by atoms with Crippen LogP contribution in [0, 0.1) is 6.92 Å². The summed E-state index contributed by atoms with van der Waals surface area (Å²) in [6.45, 7) is 1.99. The highest BCUT2D eigenvalue weighted by atomic mass is 16.5. The molecular formula is C13H16O3. The minimum atomic E-state index is -0.240. The second-order valence-electron chi connectivity index (χ2n) is 3.41. The van der Waals surface area contributed by atoms with Gasteiger partial charge in [-0.05, 0) is 24.1 Å². The molecule has 0 aliphatic rings. The quantitative estimate of drug-likeness (QED) is 0.731. The molecule has 0 aliphatic carbocycles. The highest BCUT2D eigenvalue weighted by Crippen LogP contribution is 2.19. The van der Waals surface area contributed by atoms with Gasteiger partial charge in [0, 0.05) is 0 Å². The molecule has 0 aromatic heterocycles. The van der Waals surface area contributed by atoms with E-state index < -0.39 is 0 Å². The minimum absolute atomic E-state index is 0.240. The predicted octanol–water partition coefficient (Wildman–Crippen LogP) is 2.58. The molecule has 0 bridgehead atoms. The van der Waals surface area contributed by atoms with Crippen molar-refractivity contribution < 1.29 is 14.3 Å². The molecule has 0 unspecified atom stereocenters. The Morgan fingerprint density at radius 1 is 1.38 bits per heavy atom. The zero-order chi connectivity index (χ0) is 12.0. The Balaban J connectivity index is 2.70. The molecule has 1 rings (SSSR count). The summed E-state index contributed by atoms with van der Waals surface area (Å²) in [5, 5.41) is 0. The van der Waals surface area contributed by atoms with Gasteiger partial charge in [-0.1, -0.05) is 24.3 Å². The van der Waals surface area contributed by atoms with Crippen molar-refractivity contribution in [2.24, 2.45) is 0 Å². The van der Waals surface area contributed by atoms with Crippen LogP contribution in [0.2, 0.25) is 0 Å². The standard InChI is InChI=1S/C13H16O3/c1-10-7-8-11(9-12(10)15-2)5-4-6-13(14)16-3/h4-5,7-9H,6H2,1-3H3. The van der Waals surface area contributed by atoms with Crippen LogP contribution in [0.3, 0.4) is 0 Å². The van der Waals surface area contributed by atoms with E-state index in [9.17, 15) is 4.79 Å². The Kier molecular flexibility index (Phi) is 4.58. The second kappa shape index (κ2) is 5.95. The van der Waals surface area contributed by atoms with Gasteiger partial charge in [0.1, 0.15) is 5.75 Å². The number of rotatable bonds is 4. The van der Waals surface area contributed by atoms with Crippen molar-refractivity contribution in [2.45, 2.75) is 13.3 Å². The highest BCUT2D eigenvalue weighted by Gasteiger charge is 1.98. The van der Waals surface area contributed by atoms with Gasteiger partial charge in [-0.3, -0.25) is 4.79 Å². The monoisotopic (exact) mass is 220 g/mol. The van der Waals surface area contributed by atoms with E-state index in [2.05, 4.69) is 4.74 Å². The van der Waals surface area contributed by atoms with Gasteiger partial charge in [0.25, 0.3) is 0 Å². The van der Waals surface area contributed by atoms with E-state index in [1.54, 1.807) is 13.2 Å². The van der Waals surface area contributed by atoms with Gasteiger partial charge in [0.15, 0.2) is 0 Å². The van der Waals surface area contributed by atoms with E-state index in [1.807, 2.05) is 31.2 Å². The lowest BCUT2D eigenvalue weighted by Crippen LogP contribution is -1.96. The molecule has 0 saturated heterocycles. The summed E-state index contributed by atoms with van der Waals surface area (Å²) in [4.78, 5) is 10.9. The largest absolute Gasteiger partial charge is 0.496 e. The van der Waals surface area contributed by atoms with Crippen molar-refractivity contribution in [3.05, 3.63) is 35.4 Å². The third kappa shape index (κ3) is 3.42. The van der Waals surface area contributed by atoms with E-state index >= 15 is 0 Å². The fraction of sp³-hybridized carbons (Fsp3) is 0.308. The van der Waals surface area contributed by atoms with Gasteiger partial charge in [0.05, 0.1) is 20.6 Å². The van der Waals surface area contributed by atoms with Crippen LogP contribution >= 0.6 is 0 Å². The SMILES string of the molecule is COC(=O)CC=Cc1ccc(C)c(OC)c1. The molecule has 86 valence electrons. The molecule has 0 atom stereocenters. The van der Waals surface area contributed by atoms with E-state index in [0.29, 0.717) is 0 Å². The first-order valence-corrected chi connectivity index (χ1v) is 5.05. The molecule has 3 nitrogen and oxygen atoms in total. The van der Waals surface area contributed by atoms with Crippen LogP contribution < -0.4 is 4.74 Å². The van der Waals surface area contributed by atoms with E-state index in [4.69, 9.17) is 4.74 Å². The molecule has 0 amide bonds. The fourth-order valence-corrected chi connectivity index (χ4v) is 1.31. The Labute approximate surface area is 95.7 Å². The van der Waals surface area contributed by atoms with Crippen molar-refractivity contribution >= 4 is 12.0 Å². The predicted molar refractivity (Wildman–Crippen MR) is 63.4 cm³/mol. The molecule has 0 saturated carbocycles. The lowest BCUT2D eigenvalue weighted by molar-refractivity contribution is -0.139. The number of hydrogen-bond acceptors (Lipinski definition) is 3. The molecule has 0 aliphatic heterocycles. The Bertz CT molecular complexity index is 394. The molecule has 0 fully saturated rings. The van der Waals surface area contributed by atoms with Gasteiger partial charge in [-0.15, -0.1) is 0 Å². The number of carbonyl (C=O) groups excluding carboxylic acids is 1. The topological polar surface area (TPSA) is 35.5 Å². The maximum Gasteiger partial charge on any atom is 0.309 e. The lowest BCUT2D eigenvalue weighted by atomic mass is 10.1. The Morgan fingerprint density at radius 3 is 2.75 bits per heavy atom. The number of esters is 1. The van der Waals surface area contributed by atoms with Crippen LogP contribution in [0.1, 0.15) is 17.5 Å². The van der Waals surface area contributed by atoms with Gasteiger partial charge in [-0.2, -0.15) is 0 Å². The minimum Gasteiger partial charge on any atom is -0.496 e. The van der Waals surface area contributed by atoms with Crippen molar-refractivity contribution in [2.75, 3.05) is 14.2 Å². The molecule has 16 heavy (non-hydrogen) atoms. The van der Waals surface area contributed by atoms with Gasteiger partial charge >= 0.3 is 5.97 Å². The highest BCUT2D eigenvalue weighted by molar-refractivity contribution is 5.72. The smallest absolute Gasteiger partial charge is 0.309 e. The van der Waals surface area contributed by atoms with Crippen LogP contribution in [-0.4, -0.2) is 20.2 Å². The maximum absolute atomic E-state index is 10.9. The molecule has 3 heteroatoms. The summed E-state index contributed by atoms with van der Waals surface area (Å²) >= 11 is 0. The average Bonchev–Trinajstić information content (AvgIpc) is 2.31. The number of aryl methyl sites for hydroxylation is 1. The number of carbonyl (C=O) groups is 1. The van der Waals surface area contributed by atoms with Crippen LogP contribution in [0.4, 0.5) is 0 Å². The van der Waals surface area contributed by atoms with Crippen molar-refractivity contribution in [1.82, 2.24) is 0 Å². The van der Waals surface area contributed by atoms with E-state index in [-0.39, 0.29) is 12.4 Å². The molecule has 0 heterocycles. The third-order valence-corrected chi connectivity index (χ3v) is 2.25. The van der Waals surface area contributed by atoms with E-state index in [0.717, 1.165) is 16.9 Å². The maximum atomic E-state index is 10.9. The van der Waals surface area contributed by atoms with E-state index in [1.165, 1.54) is 7.11 Å². The normalized spacial score (nSPS) is 10.4. The van der Waals surface area contributed by atoms with Crippen molar-refractivity contribution in [1.29, 1.82) is 0 Å². The molecular weight excluding hydrogens is 204 g/mol. The van der Waals surface area contributed by atoms with Crippen LogP contribution in [0.25, 0.3) is 6.08 Å². The summed E-state index contributed by atoms with van der Waals surface area (Å²) in [6, 6.07) is 5.89. The van der Waals surface area contributed by atoms with Crippen LogP contribution in [0.5, 0.6) is 5.75 Å². The number of benzene rings is 1. The summed E-state index contributed by atoms with van der Waals surface area (Å²) < 4.78 is 9.75. The lowest BCUT2D eigenvalue weighted by Gasteiger charge is -2.04. The first-order valence-electron chi connectivity index (χ1n) is 5.05. The molecule has 0 spiro atoms. The summed E-state index contributed by atoms with van der Waals surface area (Å²) in [6.07, 6.45) is 3.93.